The van der Waals surface area contributed by atoms with Crippen LogP contribution < -0.4 is 0 Å². The molecule has 2 saturated heterocycles. The zero-order valence-electron chi connectivity index (χ0n) is 12.3. The van der Waals surface area contributed by atoms with Gasteiger partial charge in [0, 0.05) is 21.3 Å². The number of aliphatic hydroxyl groups is 1. The zero-order chi connectivity index (χ0) is 16.8. The van der Waals surface area contributed by atoms with Gasteiger partial charge in [-0.3, -0.25) is 4.21 Å². The smallest absolute Gasteiger partial charge is 0.385 e. The molecule has 23 heavy (non-hydrogen) atoms. The van der Waals surface area contributed by atoms with Crippen LogP contribution in [0.3, 0.4) is 0 Å². The monoisotopic (exact) mass is 343 g/mol. The van der Waals surface area contributed by atoms with E-state index < -0.39 is 28.1 Å². The molecule has 2 unspecified atom stereocenters. The standard InChI is InChI=1S/C16H16F3NO2S/c17-16(18,19)12-5-10(9-20)4-11(6-12)15(21)7-13-2-1-3-14(8-15)23(13)22/h4-6,13-14,21H,1-3,7-8H2. The van der Waals surface area contributed by atoms with E-state index >= 15 is 0 Å². The Bertz CT molecular complexity index is 680. The van der Waals surface area contributed by atoms with Crippen molar-refractivity contribution >= 4 is 10.8 Å². The summed E-state index contributed by atoms with van der Waals surface area (Å²) in [5.74, 6) is 0. The topological polar surface area (TPSA) is 61.1 Å². The highest BCUT2D eigenvalue weighted by Gasteiger charge is 2.47. The molecular weight excluding hydrogens is 327 g/mol. The molecule has 0 radical (unpaired) electrons. The Morgan fingerprint density at radius 3 is 2.35 bits per heavy atom. The minimum Gasteiger partial charge on any atom is -0.385 e. The molecule has 3 rings (SSSR count). The Kier molecular flexibility index (Phi) is 4.01. The number of nitriles is 1. The quantitative estimate of drug-likeness (QED) is 0.852. The number of nitrogens with zero attached hydrogens (tertiary/aromatic N) is 1. The SMILES string of the molecule is N#Cc1cc(C(F)(F)F)cc(C2(O)CC3CCCC(C2)S3=O)c1. The Morgan fingerprint density at radius 1 is 1.22 bits per heavy atom. The van der Waals surface area contributed by atoms with Crippen LogP contribution in [0.15, 0.2) is 18.2 Å². The minimum absolute atomic E-state index is 0.109. The normalized spacial score (nSPS) is 34.0. The van der Waals surface area contributed by atoms with E-state index in [2.05, 4.69) is 0 Å². The molecule has 2 bridgehead atoms. The van der Waals surface area contributed by atoms with Crippen molar-refractivity contribution in [2.45, 2.75) is 54.4 Å². The van der Waals surface area contributed by atoms with Gasteiger partial charge in [-0.15, -0.1) is 0 Å². The van der Waals surface area contributed by atoms with E-state index in [1.165, 1.54) is 6.07 Å². The molecule has 2 aliphatic heterocycles. The minimum atomic E-state index is -4.58. The van der Waals surface area contributed by atoms with E-state index in [9.17, 15) is 22.5 Å². The summed E-state index contributed by atoms with van der Waals surface area (Å²) < 4.78 is 51.3. The highest BCUT2D eigenvalue weighted by atomic mass is 32.2. The molecule has 2 aliphatic rings. The molecule has 1 N–H and O–H groups in total. The Morgan fingerprint density at radius 2 is 1.83 bits per heavy atom. The lowest BCUT2D eigenvalue weighted by Crippen LogP contribution is -2.47. The molecule has 124 valence electrons. The second-order valence-electron chi connectivity index (χ2n) is 6.35. The molecular formula is C16H16F3NO2S. The van der Waals surface area contributed by atoms with Crippen molar-refractivity contribution in [1.29, 1.82) is 5.26 Å². The maximum atomic E-state index is 13.0. The number of hydrogen-bond donors (Lipinski definition) is 1. The number of alkyl halides is 3. The number of halogens is 3. The summed E-state index contributed by atoms with van der Waals surface area (Å²) >= 11 is 0. The van der Waals surface area contributed by atoms with Gasteiger partial charge in [0.05, 0.1) is 22.8 Å². The number of fused-ring (bicyclic) bond motifs is 2. The van der Waals surface area contributed by atoms with Crippen LogP contribution in [-0.2, 0) is 22.6 Å². The largest absolute Gasteiger partial charge is 0.416 e. The number of rotatable bonds is 1. The van der Waals surface area contributed by atoms with Crippen molar-refractivity contribution in [2.24, 2.45) is 0 Å². The lowest BCUT2D eigenvalue weighted by atomic mass is 9.79. The van der Waals surface area contributed by atoms with Crippen molar-refractivity contribution in [1.82, 2.24) is 0 Å². The van der Waals surface area contributed by atoms with Gasteiger partial charge in [-0.25, -0.2) is 0 Å². The fraction of sp³-hybridized carbons (Fsp3) is 0.562. The van der Waals surface area contributed by atoms with Gasteiger partial charge < -0.3 is 5.11 Å². The third kappa shape index (κ3) is 3.02. The maximum absolute atomic E-state index is 13.0. The predicted molar refractivity (Wildman–Crippen MR) is 78.9 cm³/mol. The first kappa shape index (κ1) is 16.5. The highest BCUT2D eigenvalue weighted by Crippen LogP contribution is 2.45. The molecule has 0 aliphatic carbocycles. The third-order valence-electron chi connectivity index (χ3n) is 4.77. The molecule has 0 spiro atoms. The summed E-state index contributed by atoms with van der Waals surface area (Å²) in [5, 5.41) is 19.6. The molecule has 7 heteroatoms. The molecule has 1 aromatic rings. The molecule has 2 fully saturated rings. The molecule has 3 nitrogen and oxygen atoms in total. The molecule has 0 aromatic heterocycles. The summed E-state index contributed by atoms with van der Waals surface area (Å²) in [6.45, 7) is 0. The van der Waals surface area contributed by atoms with Crippen LogP contribution in [0.4, 0.5) is 13.2 Å². The molecule has 1 aromatic carbocycles. The van der Waals surface area contributed by atoms with Crippen LogP contribution in [0.25, 0.3) is 0 Å². The highest BCUT2D eigenvalue weighted by molar-refractivity contribution is 7.86. The van der Waals surface area contributed by atoms with Crippen molar-refractivity contribution in [3.63, 3.8) is 0 Å². The predicted octanol–water partition coefficient (Wildman–Crippen LogP) is 3.23. The van der Waals surface area contributed by atoms with E-state index in [4.69, 9.17) is 5.26 Å². The first-order chi connectivity index (χ1) is 10.7. The fourth-order valence-electron chi connectivity index (χ4n) is 3.64. The lowest BCUT2D eigenvalue weighted by molar-refractivity contribution is -0.137. The Balaban J connectivity index is 2.04. The van der Waals surface area contributed by atoms with E-state index in [0.29, 0.717) is 0 Å². The summed E-state index contributed by atoms with van der Waals surface area (Å²) in [6.07, 6.45) is -1.84. The van der Waals surface area contributed by atoms with Gasteiger partial charge in [-0.2, -0.15) is 18.4 Å². The summed E-state index contributed by atoms with van der Waals surface area (Å²) in [5.41, 5.74) is -2.40. The van der Waals surface area contributed by atoms with Crippen LogP contribution in [0, 0.1) is 11.3 Å². The Hall–Kier alpha value is -1.39. The molecule has 2 heterocycles. The average molecular weight is 343 g/mol. The van der Waals surface area contributed by atoms with E-state index in [1.54, 1.807) is 6.07 Å². The second kappa shape index (κ2) is 5.60. The second-order valence-corrected chi connectivity index (χ2v) is 8.34. The summed E-state index contributed by atoms with van der Waals surface area (Å²) in [6, 6.07) is 4.75. The molecule has 0 saturated carbocycles. The average Bonchev–Trinajstić information content (AvgIpc) is 2.47. The van der Waals surface area contributed by atoms with Gasteiger partial charge in [-0.1, -0.05) is 6.42 Å². The number of benzene rings is 1. The van der Waals surface area contributed by atoms with Gasteiger partial charge in [0.2, 0.25) is 0 Å². The summed E-state index contributed by atoms with van der Waals surface area (Å²) in [7, 11) is -1.03. The van der Waals surface area contributed by atoms with Crippen LogP contribution >= 0.6 is 0 Å². The van der Waals surface area contributed by atoms with E-state index in [1.807, 2.05) is 0 Å². The van der Waals surface area contributed by atoms with Crippen molar-refractivity contribution in [3.8, 4) is 6.07 Å². The zero-order valence-corrected chi connectivity index (χ0v) is 13.1. The first-order valence-corrected chi connectivity index (χ1v) is 8.75. The van der Waals surface area contributed by atoms with Crippen LogP contribution in [0.2, 0.25) is 0 Å². The van der Waals surface area contributed by atoms with Gasteiger partial charge in [0.25, 0.3) is 0 Å². The first-order valence-electron chi connectivity index (χ1n) is 7.47. The van der Waals surface area contributed by atoms with Crippen molar-refractivity contribution in [2.75, 3.05) is 0 Å². The van der Waals surface area contributed by atoms with Crippen molar-refractivity contribution in [3.05, 3.63) is 34.9 Å². The fourth-order valence-corrected chi connectivity index (χ4v) is 5.87. The molecule has 0 amide bonds. The van der Waals surface area contributed by atoms with Crippen molar-refractivity contribution < 1.29 is 22.5 Å². The van der Waals surface area contributed by atoms with Gasteiger partial charge >= 0.3 is 6.18 Å². The third-order valence-corrected chi connectivity index (χ3v) is 6.89. The van der Waals surface area contributed by atoms with Gasteiger partial charge in [-0.05, 0) is 49.4 Å². The number of hydrogen-bond acceptors (Lipinski definition) is 3. The van der Waals surface area contributed by atoms with Crippen LogP contribution in [-0.4, -0.2) is 19.8 Å². The Labute approximate surface area is 134 Å². The van der Waals surface area contributed by atoms with Gasteiger partial charge in [0.1, 0.15) is 0 Å². The van der Waals surface area contributed by atoms with E-state index in [-0.39, 0.29) is 34.5 Å². The molecule has 2 atom stereocenters. The van der Waals surface area contributed by atoms with Gasteiger partial charge in [0.15, 0.2) is 0 Å². The maximum Gasteiger partial charge on any atom is 0.416 e. The van der Waals surface area contributed by atoms with E-state index in [0.717, 1.165) is 31.4 Å². The lowest BCUT2D eigenvalue weighted by Gasteiger charge is -2.44. The summed E-state index contributed by atoms with van der Waals surface area (Å²) in [4.78, 5) is 0. The van der Waals surface area contributed by atoms with Crippen LogP contribution in [0.5, 0.6) is 0 Å². The van der Waals surface area contributed by atoms with Crippen LogP contribution in [0.1, 0.15) is 48.8 Å².